The standard InChI is InChI=1S/C11H13ClN2O/c1-2-3-6-15-10-7-9(12)13-11(14-10)8-4-5-8/h2,7-8H,1,3-6H2. The summed E-state index contributed by atoms with van der Waals surface area (Å²) in [6.07, 6.45) is 4.93. The number of halogens is 1. The fraction of sp³-hybridized carbons (Fsp3) is 0.455. The molecule has 0 amide bonds. The van der Waals surface area contributed by atoms with Gasteiger partial charge in [0.05, 0.1) is 6.61 Å². The van der Waals surface area contributed by atoms with Gasteiger partial charge in [-0.2, -0.15) is 4.98 Å². The average Bonchev–Trinajstić information content (AvgIpc) is 3.00. The zero-order valence-corrected chi connectivity index (χ0v) is 9.20. The molecule has 0 bridgehead atoms. The number of hydrogen-bond donors (Lipinski definition) is 0. The number of rotatable bonds is 5. The van der Waals surface area contributed by atoms with Crippen LogP contribution >= 0.6 is 11.6 Å². The third-order valence-corrected chi connectivity index (χ3v) is 2.40. The third-order valence-electron chi connectivity index (χ3n) is 2.20. The van der Waals surface area contributed by atoms with Crippen molar-refractivity contribution in [3.63, 3.8) is 0 Å². The van der Waals surface area contributed by atoms with E-state index in [-0.39, 0.29) is 0 Å². The second kappa shape index (κ2) is 4.62. The molecule has 1 aliphatic carbocycles. The van der Waals surface area contributed by atoms with Gasteiger partial charge < -0.3 is 4.74 Å². The summed E-state index contributed by atoms with van der Waals surface area (Å²) in [7, 11) is 0. The van der Waals surface area contributed by atoms with Gasteiger partial charge in [0.2, 0.25) is 5.88 Å². The van der Waals surface area contributed by atoms with Gasteiger partial charge >= 0.3 is 0 Å². The molecule has 0 radical (unpaired) electrons. The molecule has 0 unspecified atom stereocenters. The second-order valence-electron chi connectivity index (χ2n) is 3.59. The summed E-state index contributed by atoms with van der Waals surface area (Å²) < 4.78 is 5.44. The maximum atomic E-state index is 5.88. The van der Waals surface area contributed by atoms with E-state index in [9.17, 15) is 0 Å². The van der Waals surface area contributed by atoms with Gasteiger partial charge in [0.25, 0.3) is 0 Å². The summed E-state index contributed by atoms with van der Waals surface area (Å²) in [6, 6.07) is 1.65. The summed E-state index contributed by atoms with van der Waals surface area (Å²) in [5, 5.41) is 0.459. The average molecular weight is 225 g/mol. The predicted molar refractivity (Wildman–Crippen MR) is 59.3 cm³/mol. The van der Waals surface area contributed by atoms with Crippen molar-refractivity contribution in [2.75, 3.05) is 6.61 Å². The lowest BCUT2D eigenvalue weighted by Crippen LogP contribution is -2.01. The molecule has 1 saturated carbocycles. The minimum atomic E-state index is 0.459. The van der Waals surface area contributed by atoms with Crippen molar-refractivity contribution in [2.24, 2.45) is 0 Å². The summed E-state index contributed by atoms with van der Waals surface area (Å²) >= 11 is 5.88. The Kier molecular flexibility index (Phi) is 3.21. The van der Waals surface area contributed by atoms with E-state index in [0.29, 0.717) is 23.6 Å². The fourth-order valence-electron chi connectivity index (χ4n) is 1.26. The maximum absolute atomic E-state index is 5.88. The summed E-state index contributed by atoms with van der Waals surface area (Å²) in [4.78, 5) is 8.49. The Bertz CT molecular complexity index is 364. The smallest absolute Gasteiger partial charge is 0.218 e. The lowest BCUT2D eigenvalue weighted by Gasteiger charge is -2.05. The van der Waals surface area contributed by atoms with Crippen molar-refractivity contribution >= 4 is 11.6 Å². The Labute approximate surface area is 94.1 Å². The first kappa shape index (κ1) is 10.4. The van der Waals surface area contributed by atoms with Crippen LogP contribution in [-0.2, 0) is 0 Å². The Morgan fingerprint density at radius 1 is 1.53 bits per heavy atom. The van der Waals surface area contributed by atoms with E-state index in [0.717, 1.165) is 25.1 Å². The molecule has 15 heavy (non-hydrogen) atoms. The topological polar surface area (TPSA) is 35.0 Å². The van der Waals surface area contributed by atoms with E-state index in [4.69, 9.17) is 16.3 Å². The van der Waals surface area contributed by atoms with Gasteiger partial charge in [0, 0.05) is 12.0 Å². The van der Waals surface area contributed by atoms with Crippen LogP contribution in [0.4, 0.5) is 0 Å². The highest BCUT2D eigenvalue weighted by molar-refractivity contribution is 6.29. The van der Waals surface area contributed by atoms with E-state index < -0.39 is 0 Å². The molecule has 4 heteroatoms. The van der Waals surface area contributed by atoms with Gasteiger partial charge in [-0.25, -0.2) is 4.98 Å². The molecule has 1 fully saturated rings. The van der Waals surface area contributed by atoms with Crippen LogP contribution < -0.4 is 4.74 Å². The van der Waals surface area contributed by atoms with Gasteiger partial charge in [-0.05, 0) is 19.3 Å². The predicted octanol–water partition coefficient (Wildman–Crippen LogP) is 2.96. The van der Waals surface area contributed by atoms with Crippen molar-refractivity contribution in [2.45, 2.75) is 25.2 Å². The zero-order valence-electron chi connectivity index (χ0n) is 8.45. The molecule has 0 aromatic carbocycles. The molecule has 0 atom stereocenters. The highest BCUT2D eigenvalue weighted by atomic mass is 35.5. The quantitative estimate of drug-likeness (QED) is 0.438. The minimum Gasteiger partial charge on any atom is -0.477 e. The monoisotopic (exact) mass is 224 g/mol. The van der Waals surface area contributed by atoms with E-state index in [1.807, 2.05) is 6.08 Å². The summed E-state index contributed by atoms with van der Waals surface area (Å²) in [5.74, 6) is 1.88. The first-order chi connectivity index (χ1) is 7.29. The van der Waals surface area contributed by atoms with Crippen LogP contribution in [0.25, 0.3) is 0 Å². The van der Waals surface area contributed by atoms with Crippen LogP contribution in [0.1, 0.15) is 31.0 Å². The lowest BCUT2D eigenvalue weighted by atomic mass is 10.4. The molecule has 0 spiro atoms. The molecular weight excluding hydrogens is 212 g/mol. The summed E-state index contributed by atoms with van der Waals surface area (Å²) in [6.45, 7) is 4.21. The number of nitrogens with zero attached hydrogens (tertiary/aromatic N) is 2. The van der Waals surface area contributed by atoms with Gasteiger partial charge in [-0.3, -0.25) is 0 Å². The molecule has 1 aromatic heterocycles. The molecule has 1 aliphatic rings. The van der Waals surface area contributed by atoms with E-state index in [2.05, 4.69) is 16.5 Å². The third kappa shape index (κ3) is 2.93. The minimum absolute atomic E-state index is 0.459. The molecule has 2 rings (SSSR count). The van der Waals surface area contributed by atoms with Gasteiger partial charge in [-0.1, -0.05) is 17.7 Å². The Morgan fingerprint density at radius 2 is 2.33 bits per heavy atom. The number of hydrogen-bond acceptors (Lipinski definition) is 3. The molecule has 0 saturated heterocycles. The van der Waals surface area contributed by atoms with Gasteiger partial charge in [0.1, 0.15) is 11.0 Å². The fourth-order valence-corrected chi connectivity index (χ4v) is 1.44. The van der Waals surface area contributed by atoms with Crippen LogP contribution in [0.15, 0.2) is 18.7 Å². The summed E-state index contributed by atoms with van der Waals surface area (Å²) in [5.41, 5.74) is 0. The van der Waals surface area contributed by atoms with Crippen molar-refractivity contribution in [3.8, 4) is 5.88 Å². The number of aromatic nitrogens is 2. The Morgan fingerprint density at radius 3 is 3.00 bits per heavy atom. The largest absolute Gasteiger partial charge is 0.477 e. The molecule has 1 aromatic rings. The first-order valence-corrected chi connectivity index (χ1v) is 5.45. The molecule has 0 N–H and O–H groups in total. The number of ether oxygens (including phenoxy) is 1. The molecule has 3 nitrogen and oxygen atoms in total. The van der Waals surface area contributed by atoms with Crippen LogP contribution in [0.2, 0.25) is 5.15 Å². The maximum Gasteiger partial charge on any atom is 0.218 e. The van der Waals surface area contributed by atoms with Crippen LogP contribution in [0.5, 0.6) is 5.88 Å². The molecule has 0 aliphatic heterocycles. The molecule has 1 heterocycles. The van der Waals surface area contributed by atoms with Crippen molar-refractivity contribution in [1.82, 2.24) is 9.97 Å². The van der Waals surface area contributed by atoms with Crippen molar-refractivity contribution < 1.29 is 4.74 Å². The second-order valence-corrected chi connectivity index (χ2v) is 3.97. The Hall–Kier alpha value is -1.09. The normalized spacial score (nSPS) is 15.0. The van der Waals surface area contributed by atoms with Crippen molar-refractivity contribution in [3.05, 3.63) is 29.7 Å². The van der Waals surface area contributed by atoms with E-state index >= 15 is 0 Å². The van der Waals surface area contributed by atoms with Crippen LogP contribution in [0.3, 0.4) is 0 Å². The SMILES string of the molecule is C=CCCOc1cc(Cl)nc(C2CC2)n1. The van der Waals surface area contributed by atoms with Crippen LogP contribution in [-0.4, -0.2) is 16.6 Å². The lowest BCUT2D eigenvalue weighted by molar-refractivity contribution is 0.310. The highest BCUT2D eigenvalue weighted by Crippen LogP contribution is 2.38. The molecular formula is C11H13ClN2O. The van der Waals surface area contributed by atoms with Crippen molar-refractivity contribution in [1.29, 1.82) is 0 Å². The van der Waals surface area contributed by atoms with E-state index in [1.54, 1.807) is 6.07 Å². The van der Waals surface area contributed by atoms with E-state index in [1.165, 1.54) is 0 Å². The zero-order chi connectivity index (χ0) is 10.7. The highest BCUT2D eigenvalue weighted by Gasteiger charge is 2.27. The first-order valence-electron chi connectivity index (χ1n) is 5.08. The van der Waals surface area contributed by atoms with Gasteiger partial charge in [0.15, 0.2) is 0 Å². The molecule has 80 valence electrons. The Balaban J connectivity index is 2.05. The van der Waals surface area contributed by atoms with Gasteiger partial charge in [-0.15, -0.1) is 6.58 Å². The van der Waals surface area contributed by atoms with Crippen LogP contribution in [0, 0.1) is 0 Å².